The molecule has 0 heterocycles. The standard InChI is InChI=1S/C19H21NO3/c1-12-14-4-6-16-10-19(23-3)11-17(13(16)2)7-5-15(12)9-18(8-14)20(21)22/h8-11H,4-7H2,1-3H3. The molecule has 0 radical (unpaired) electrons. The Labute approximate surface area is 136 Å². The average Bonchev–Trinajstić information content (AvgIpc) is 2.53. The minimum Gasteiger partial charge on any atom is -0.497 e. The van der Waals surface area contributed by atoms with Gasteiger partial charge in [0.05, 0.1) is 12.0 Å². The Kier molecular flexibility index (Phi) is 4.07. The van der Waals surface area contributed by atoms with Gasteiger partial charge in [-0.25, -0.2) is 0 Å². The Morgan fingerprint density at radius 3 is 1.61 bits per heavy atom. The van der Waals surface area contributed by atoms with Crippen LogP contribution in [-0.4, -0.2) is 12.0 Å². The second-order valence-electron chi connectivity index (χ2n) is 6.22. The smallest absolute Gasteiger partial charge is 0.269 e. The van der Waals surface area contributed by atoms with Crippen LogP contribution in [0.2, 0.25) is 0 Å². The molecule has 0 spiro atoms. The van der Waals surface area contributed by atoms with E-state index in [9.17, 15) is 10.1 Å². The lowest BCUT2D eigenvalue weighted by atomic mass is 9.87. The summed E-state index contributed by atoms with van der Waals surface area (Å²) in [6.07, 6.45) is 3.37. The van der Waals surface area contributed by atoms with Gasteiger partial charge in [0, 0.05) is 12.1 Å². The van der Waals surface area contributed by atoms with Crippen LogP contribution in [0.5, 0.6) is 5.75 Å². The first-order valence-corrected chi connectivity index (χ1v) is 7.92. The lowest BCUT2D eigenvalue weighted by Crippen LogP contribution is -2.07. The molecule has 0 aliphatic heterocycles. The third-order valence-corrected chi connectivity index (χ3v) is 4.98. The number of aryl methyl sites for hydroxylation is 4. The van der Waals surface area contributed by atoms with Gasteiger partial charge in [-0.3, -0.25) is 10.1 Å². The zero-order valence-corrected chi connectivity index (χ0v) is 13.8. The number of ether oxygens (including phenoxy) is 1. The summed E-state index contributed by atoms with van der Waals surface area (Å²) < 4.78 is 5.43. The minimum absolute atomic E-state index is 0.208. The number of non-ortho nitro benzene ring substituents is 1. The van der Waals surface area contributed by atoms with Gasteiger partial charge in [0.15, 0.2) is 0 Å². The first kappa shape index (κ1) is 15.5. The zero-order valence-electron chi connectivity index (χ0n) is 13.8. The van der Waals surface area contributed by atoms with E-state index in [-0.39, 0.29) is 10.6 Å². The summed E-state index contributed by atoms with van der Waals surface area (Å²) in [6, 6.07) is 7.65. The van der Waals surface area contributed by atoms with Crippen LogP contribution < -0.4 is 4.74 Å². The van der Waals surface area contributed by atoms with Crippen LogP contribution in [0.15, 0.2) is 24.3 Å². The third kappa shape index (κ3) is 2.93. The second-order valence-corrected chi connectivity index (χ2v) is 6.22. The van der Waals surface area contributed by atoms with Gasteiger partial charge >= 0.3 is 0 Å². The normalized spacial score (nSPS) is 13.5. The van der Waals surface area contributed by atoms with Crippen LogP contribution in [-0.2, 0) is 25.7 Å². The molecule has 0 fully saturated rings. The molecule has 0 amide bonds. The summed E-state index contributed by atoms with van der Waals surface area (Å²) in [5, 5.41) is 11.2. The predicted molar refractivity (Wildman–Crippen MR) is 90.4 cm³/mol. The molecule has 2 aromatic carbocycles. The Hall–Kier alpha value is -2.36. The van der Waals surface area contributed by atoms with Crippen molar-refractivity contribution in [3.8, 4) is 5.75 Å². The summed E-state index contributed by atoms with van der Waals surface area (Å²) in [7, 11) is 1.69. The van der Waals surface area contributed by atoms with Crippen molar-refractivity contribution in [1.82, 2.24) is 0 Å². The van der Waals surface area contributed by atoms with Crippen LogP contribution in [0.3, 0.4) is 0 Å². The topological polar surface area (TPSA) is 52.4 Å². The molecule has 3 rings (SSSR count). The van der Waals surface area contributed by atoms with E-state index >= 15 is 0 Å². The van der Waals surface area contributed by atoms with Gasteiger partial charge in [-0.05, 0) is 85.0 Å². The number of benzene rings is 2. The van der Waals surface area contributed by atoms with E-state index in [1.54, 1.807) is 19.2 Å². The maximum absolute atomic E-state index is 11.2. The summed E-state index contributed by atoms with van der Waals surface area (Å²) in [5.41, 5.74) is 7.44. The molecule has 4 nitrogen and oxygen atoms in total. The number of nitrogens with zero attached hydrogens (tertiary/aromatic N) is 1. The van der Waals surface area contributed by atoms with E-state index in [0.717, 1.165) is 42.6 Å². The number of hydrogen-bond donors (Lipinski definition) is 0. The largest absolute Gasteiger partial charge is 0.497 e. The molecule has 2 aromatic rings. The molecule has 0 atom stereocenters. The van der Waals surface area contributed by atoms with Crippen molar-refractivity contribution in [2.75, 3.05) is 7.11 Å². The lowest BCUT2D eigenvalue weighted by molar-refractivity contribution is -0.385. The monoisotopic (exact) mass is 311 g/mol. The van der Waals surface area contributed by atoms with Gasteiger partial charge < -0.3 is 4.74 Å². The fourth-order valence-corrected chi connectivity index (χ4v) is 3.43. The Morgan fingerprint density at radius 2 is 1.26 bits per heavy atom. The second kappa shape index (κ2) is 6.03. The van der Waals surface area contributed by atoms with Crippen molar-refractivity contribution in [3.05, 3.63) is 67.8 Å². The first-order valence-electron chi connectivity index (χ1n) is 7.92. The predicted octanol–water partition coefficient (Wildman–Crippen LogP) is 4.10. The van der Waals surface area contributed by atoms with E-state index in [0.29, 0.717) is 0 Å². The highest BCUT2D eigenvalue weighted by Gasteiger charge is 2.17. The maximum Gasteiger partial charge on any atom is 0.269 e. The number of methoxy groups -OCH3 is 1. The summed E-state index contributed by atoms with van der Waals surface area (Å²) in [6.45, 7) is 4.24. The molecule has 0 saturated carbocycles. The number of nitro benzene ring substituents is 1. The number of nitro groups is 1. The number of hydrogen-bond acceptors (Lipinski definition) is 3. The van der Waals surface area contributed by atoms with Gasteiger partial charge in [-0.2, -0.15) is 0 Å². The molecular formula is C19H21NO3. The molecule has 4 bridgehead atoms. The molecule has 0 aromatic heterocycles. The van der Waals surface area contributed by atoms with Crippen molar-refractivity contribution < 1.29 is 9.66 Å². The van der Waals surface area contributed by atoms with Crippen LogP contribution in [0, 0.1) is 24.0 Å². The van der Waals surface area contributed by atoms with E-state index < -0.39 is 0 Å². The van der Waals surface area contributed by atoms with Crippen LogP contribution in [0.1, 0.15) is 33.4 Å². The van der Waals surface area contributed by atoms with E-state index in [1.807, 2.05) is 0 Å². The summed E-state index contributed by atoms with van der Waals surface area (Å²) >= 11 is 0. The molecule has 23 heavy (non-hydrogen) atoms. The van der Waals surface area contributed by atoms with Crippen molar-refractivity contribution in [3.63, 3.8) is 0 Å². The molecule has 4 heteroatoms. The van der Waals surface area contributed by atoms with Gasteiger partial charge in [0.25, 0.3) is 5.69 Å². The highest BCUT2D eigenvalue weighted by molar-refractivity contribution is 5.48. The fourth-order valence-electron chi connectivity index (χ4n) is 3.43. The maximum atomic E-state index is 11.2. The van der Waals surface area contributed by atoms with Gasteiger partial charge in [-0.1, -0.05) is 0 Å². The van der Waals surface area contributed by atoms with Crippen LogP contribution >= 0.6 is 0 Å². The van der Waals surface area contributed by atoms with E-state index in [4.69, 9.17) is 4.74 Å². The molecule has 1 aliphatic carbocycles. The third-order valence-electron chi connectivity index (χ3n) is 4.98. The van der Waals surface area contributed by atoms with Gasteiger partial charge in [-0.15, -0.1) is 0 Å². The van der Waals surface area contributed by atoms with Crippen molar-refractivity contribution in [2.45, 2.75) is 39.5 Å². The van der Waals surface area contributed by atoms with Crippen LogP contribution in [0.25, 0.3) is 0 Å². The Bertz CT molecular complexity index is 730. The first-order chi connectivity index (χ1) is 11.0. The molecule has 0 saturated heterocycles. The molecule has 0 N–H and O–H groups in total. The Morgan fingerprint density at radius 1 is 0.870 bits per heavy atom. The zero-order chi connectivity index (χ0) is 16.6. The quantitative estimate of drug-likeness (QED) is 0.619. The molecule has 1 aliphatic rings. The van der Waals surface area contributed by atoms with Gasteiger partial charge in [0.2, 0.25) is 0 Å². The Balaban J connectivity index is 2.09. The number of fused-ring (bicyclic) bond motifs is 4. The highest BCUT2D eigenvalue weighted by Crippen LogP contribution is 2.30. The molecule has 0 unspecified atom stereocenters. The van der Waals surface area contributed by atoms with Gasteiger partial charge in [0.1, 0.15) is 5.75 Å². The fraction of sp³-hybridized carbons (Fsp3) is 0.368. The molecular weight excluding hydrogens is 290 g/mol. The van der Waals surface area contributed by atoms with Crippen molar-refractivity contribution >= 4 is 5.69 Å². The average molecular weight is 311 g/mol. The SMILES string of the molecule is COc1cc2c(C)c(c1)CCc1cc([N+](=O)[O-])cc(c1C)CC2. The van der Waals surface area contributed by atoms with E-state index in [2.05, 4.69) is 26.0 Å². The van der Waals surface area contributed by atoms with E-state index in [1.165, 1.54) is 22.3 Å². The minimum atomic E-state index is -0.286. The number of rotatable bonds is 2. The summed E-state index contributed by atoms with van der Waals surface area (Å²) in [5.74, 6) is 0.896. The van der Waals surface area contributed by atoms with Crippen molar-refractivity contribution in [1.29, 1.82) is 0 Å². The summed E-state index contributed by atoms with van der Waals surface area (Å²) in [4.78, 5) is 10.9. The van der Waals surface area contributed by atoms with Crippen molar-refractivity contribution in [2.24, 2.45) is 0 Å². The lowest BCUT2D eigenvalue weighted by Gasteiger charge is -2.18. The molecule has 120 valence electrons. The van der Waals surface area contributed by atoms with Crippen LogP contribution in [0.4, 0.5) is 5.69 Å². The highest BCUT2D eigenvalue weighted by atomic mass is 16.6.